The Morgan fingerprint density at radius 3 is 3.11 bits per heavy atom. The third-order valence-electron chi connectivity index (χ3n) is 2.17. The third kappa shape index (κ3) is 3.31. The molecule has 2 heterocycles. The van der Waals surface area contributed by atoms with E-state index in [1.807, 2.05) is 6.92 Å². The second-order valence-electron chi connectivity index (χ2n) is 3.64. The molecule has 2 amide bonds. The van der Waals surface area contributed by atoms with Gasteiger partial charge in [-0.25, -0.2) is 9.78 Å². The Kier molecular flexibility index (Phi) is 3.96. The molecule has 0 aliphatic carbocycles. The second kappa shape index (κ2) is 5.65. The fourth-order valence-electron chi connectivity index (χ4n) is 1.32. The summed E-state index contributed by atoms with van der Waals surface area (Å²) < 4.78 is 5.02. The minimum Gasteiger partial charge on any atom is -0.467 e. The van der Waals surface area contributed by atoms with Gasteiger partial charge < -0.3 is 14.8 Å². The van der Waals surface area contributed by atoms with Gasteiger partial charge in [0.1, 0.15) is 11.9 Å². The van der Waals surface area contributed by atoms with Gasteiger partial charge in [-0.1, -0.05) is 0 Å². The molecule has 2 rings (SSSR count). The quantitative estimate of drug-likeness (QED) is 0.789. The first-order valence-electron chi connectivity index (χ1n) is 5.34. The molecule has 0 bridgehead atoms. The maximum absolute atomic E-state index is 11.5. The van der Waals surface area contributed by atoms with E-state index < -0.39 is 12.1 Å². The molecule has 0 aliphatic heterocycles. The third-order valence-corrected chi connectivity index (χ3v) is 3.00. The fourth-order valence-corrected chi connectivity index (χ4v) is 1.98. The molecule has 6 nitrogen and oxygen atoms in total. The van der Waals surface area contributed by atoms with Crippen molar-refractivity contribution in [3.63, 3.8) is 0 Å². The molecular weight excluding hydrogens is 254 g/mol. The zero-order chi connectivity index (χ0) is 13.0. The van der Waals surface area contributed by atoms with Crippen LogP contribution in [-0.2, 0) is 0 Å². The first-order valence-corrected chi connectivity index (χ1v) is 6.15. The summed E-state index contributed by atoms with van der Waals surface area (Å²) in [5, 5.41) is 15.3. The van der Waals surface area contributed by atoms with Gasteiger partial charge in [0, 0.05) is 11.1 Å². The van der Waals surface area contributed by atoms with Gasteiger partial charge in [0.2, 0.25) is 0 Å². The van der Waals surface area contributed by atoms with Crippen LogP contribution in [0.15, 0.2) is 29.0 Å². The molecule has 0 saturated carbocycles. The van der Waals surface area contributed by atoms with Crippen molar-refractivity contribution in [1.82, 2.24) is 10.3 Å². The maximum atomic E-state index is 11.5. The van der Waals surface area contributed by atoms with Crippen LogP contribution in [0.1, 0.15) is 16.7 Å². The van der Waals surface area contributed by atoms with Crippen molar-refractivity contribution in [2.45, 2.75) is 13.0 Å². The van der Waals surface area contributed by atoms with Crippen LogP contribution in [0.4, 0.5) is 9.93 Å². The molecule has 7 heteroatoms. The summed E-state index contributed by atoms with van der Waals surface area (Å²) in [6.45, 7) is 1.98. The number of hydrogen-bond acceptors (Lipinski definition) is 5. The van der Waals surface area contributed by atoms with Crippen LogP contribution >= 0.6 is 11.3 Å². The molecule has 1 unspecified atom stereocenters. The number of furan rings is 1. The summed E-state index contributed by atoms with van der Waals surface area (Å²) in [5.41, 5.74) is 0. The van der Waals surface area contributed by atoms with E-state index in [0.29, 0.717) is 10.9 Å². The molecule has 0 saturated heterocycles. The van der Waals surface area contributed by atoms with Crippen LogP contribution < -0.4 is 10.6 Å². The van der Waals surface area contributed by atoms with Gasteiger partial charge in [-0.15, -0.1) is 11.3 Å². The number of aryl methyl sites for hydroxylation is 1. The molecular formula is C11H13N3O3S. The van der Waals surface area contributed by atoms with E-state index in [2.05, 4.69) is 15.6 Å². The molecule has 3 N–H and O–H groups in total. The molecule has 0 spiro atoms. The van der Waals surface area contributed by atoms with Crippen LogP contribution in [0.5, 0.6) is 0 Å². The Hall–Kier alpha value is -1.86. The summed E-state index contributed by atoms with van der Waals surface area (Å²) in [7, 11) is 0. The number of carbonyl (C=O) groups is 1. The van der Waals surface area contributed by atoms with Gasteiger partial charge in [0.25, 0.3) is 0 Å². The zero-order valence-corrected chi connectivity index (χ0v) is 10.5. The highest BCUT2D eigenvalue weighted by Crippen LogP contribution is 2.16. The van der Waals surface area contributed by atoms with Gasteiger partial charge >= 0.3 is 6.03 Å². The second-order valence-corrected chi connectivity index (χ2v) is 4.88. The number of thiazole rings is 1. The minimum absolute atomic E-state index is 0.0731. The Morgan fingerprint density at radius 2 is 2.50 bits per heavy atom. The van der Waals surface area contributed by atoms with Gasteiger partial charge in [-0.05, 0) is 19.1 Å². The van der Waals surface area contributed by atoms with Crippen molar-refractivity contribution >= 4 is 22.5 Å². The lowest BCUT2D eigenvalue weighted by Gasteiger charge is -2.09. The molecule has 0 fully saturated rings. The van der Waals surface area contributed by atoms with Crippen LogP contribution in [0.3, 0.4) is 0 Å². The van der Waals surface area contributed by atoms with E-state index in [1.165, 1.54) is 17.6 Å². The molecule has 18 heavy (non-hydrogen) atoms. The van der Waals surface area contributed by atoms with Crippen molar-refractivity contribution in [2.24, 2.45) is 0 Å². The fraction of sp³-hybridized carbons (Fsp3) is 0.273. The normalized spacial score (nSPS) is 12.1. The number of aromatic nitrogens is 1. The lowest BCUT2D eigenvalue weighted by Crippen LogP contribution is -2.32. The highest BCUT2D eigenvalue weighted by Gasteiger charge is 2.12. The summed E-state index contributed by atoms with van der Waals surface area (Å²) >= 11 is 1.38. The molecule has 1 atom stereocenters. The number of hydrogen-bond donors (Lipinski definition) is 3. The van der Waals surface area contributed by atoms with Crippen molar-refractivity contribution in [1.29, 1.82) is 0 Å². The number of nitrogens with zero attached hydrogens (tertiary/aromatic N) is 1. The average Bonchev–Trinajstić information content (AvgIpc) is 2.97. The number of carbonyl (C=O) groups excluding carboxylic acids is 1. The zero-order valence-electron chi connectivity index (χ0n) is 9.71. The van der Waals surface area contributed by atoms with E-state index in [-0.39, 0.29) is 6.54 Å². The van der Waals surface area contributed by atoms with Crippen molar-refractivity contribution in [3.8, 4) is 0 Å². The summed E-state index contributed by atoms with van der Waals surface area (Å²) in [6.07, 6.45) is 2.29. The van der Waals surface area contributed by atoms with E-state index in [1.54, 1.807) is 18.3 Å². The molecule has 96 valence electrons. The SMILES string of the molecule is Cc1cnc(NC(=O)NCC(O)c2ccco2)s1. The molecule has 2 aromatic rings. The van der Waals surface area contributed by atoms with Crippen LogP contribution in [0, 0.1) is 6.92 Å². The predicted octanol–water partition coefficient (Wildman–Crippen LogP) is 1.90. The Morgan fingerprint density at radius 1 is 1.67 bits per heavy atom. The summed E-state index contributed by atoms with van der Waals surface area (Å²) in [5.74, 6) is 0.417. The van der Waals surface area contributed by atoms with Gasteiger partial charge in [0.05, 0.1) is 12.8 Å². The van der Waals surface area contributed by atoms with E-state index >= 15 is 0 Å². The van der Waals surface area contributed by atoms with Crippen molar-refractivity contribution in [2.75, 3.05) is 11.9 Å². The smallest absolute Gasteiger partial charge is 0.321 e. The highest BCUT2D eigenvalue weighted by atomic mass is 32.1. The average molecular weight is 267 g/mol. The number of urea groups is 1. The first-order chi connectivity index (χ1) is 8.65. The molecule has 0 radical (unpaired) electrons. The number of nitrogens with one attached hydrogen (secondary N) is 2. The van der Waals surface area contributed by atoms with Gasteiger partial charge in [-0.2, -0.15) is 0 Å². The lowest BCUT2D eigenvalue weighted by atomic mass is 10.3. The number of rotatable bonds is 4. The number of amides is 2. The monoisotopic (exact) mass is 267 g/mol. The van der Waals surface area contributed by atoms with Gasteiger partial charge in [-0.3, -0.25) is 5.32 Å². The van der Waals surface area contributed by atoms with E-state index in [4.69, 9.17) is 4.42 Å². The standard InChI is InChI=1S/C11H13N3O3S/c1-7-5-13-11(18-7)14-10(16)12-6-8(15)9-3-2-4-17-9/h2-5,8,15H,6H2,1H3,(H2,12,13,14,16). The topological polar surface area (TPSA) is 87.4 Å². The van der Waals surface area contributed by atoms with E-state index in [0.717, 1.165) is 4.88 Å². The van der Waals surface area contributed by atoms with Crippen molar-refractivity contribution in [3.05, 3.63) is 35.2 Å². The van der Waals surface area contributed by atoms with Crippen LogP contribution in [0.2, 0.25) is 0 Å². The summed E-state index contributed by atoms with van der Waals surface area (Å²) in [6, 6.07) is 2.92. The largest absolute Gasteiger partial charge is 0.467 e. The maximum Gasteiger partial charge on any atom is 0.321 e. The Balaban J connectivity index is 1.78. The summed E-state index contributed by atoms with van der Waals surface area (Å²) in [4.78, 5) is 16.5. The van der Waals surface area contributed by atoms with Crippen LogP contribution in [-0.4, -0.2) is 22.7 Å². The number of aliphatic hydroxyl groups is 1. The highest BCUT2D eigenvalue weighted by molar-refractivity contribution is 7.15. The van der Waals surface area contributed by atoms with Gasteiger partial charge in [0.15, 0.2) is 5.13 Å². The molecule has 0 aromatic carbocycles. The Bertz CT molecular complexity index is 509. The number of anilines is 1. The molecule has 2 aromatic heterocycles. The van der Waals surface area contributed by atoms with E-state index in [9.17, 15) is 9.90 Å². The molecule has 0 aliphatic rings. The lowest BCUT2D eigenvalue weighted by molar-refractivity contribution is 0.149. The number of aliphatic hydroxyl groups excluding tert-OH is 1. The predicted molar refractivity (Wildman–Crippen MR) is 67.5 cm³/mol. The Labute approximate surface area is 108 Å². The first kappa shape index (κ1) is 12.6. The van der Waals surface area contributed by atoms with Crippen molar-refractivity contribution < 1.29 is 14.3 Å². The van der Waals surface area contributed by atoms with Crippen LogP contribution in [0.25, 0.3) is 0 Å². The minimum atomic E-state index is -0.858.